The van der Waals surface area contributed by atoms with Crippen molar-refractivity contribution >= 4 is 45.1 Å². The smallest absolute Gasteiger partial charge is 0.316 e. The molecule has 2 aromatic carbocycles. The molecule has 0 aromatic heterocycles. The fourth-order valence-electron chi connectivity index (χ4n) is 2.14. The van der Waals surface area contributed by atoms with E-state index in [9.17, 15) is 8.42 Å². The molecule has 0 atom stereocenters. The molecule has 0 spiro atoms. The highest BCUT2D eigenvalue weighted by atomic mass is 32.2. The third kappa shape index (κ3) is 5.93. The Morgan fingerprint density at radius 3 is 1.59 bits per heavy atom. The standard InChI is InChI=1S/C16H20N10O2S/c17-13(18)25-15(21)23-9-1-5-11(6-2-9)29(27,28)12-7-3-10(4-8-12)24-16(22)26-14(19)20/h1-8H,(H6,17,18,21,23,25)(H6,19,20,22,24,26)/p+1. The molecule has 12 nitrogen and oxygen atoms in total. The van der Waals surface area contributed by atoms with Crippen LogP contribution in [0.4, 0.5) is 11.4 Å². The van der Waals surface area contributed by atoms with Crippen LogP contribution in [-0.2, 0) is 9.84 Å². The monoisotopic (exact) mass is 417 g/mol. The van der Waals surface area contributed by atoms with E-state index in [-0.39, 0.29) is 33.6 Å². The van der Waals surface area contributed by atoms with Gasteiger partial charge in [-0.05, 0) is 48.5 Å². The molecular formula is C16H21N10O2S+. The zero-order valence-electron chi connectivity index (χ0n) is 15.1. The van der Waals surface area contributed by atoms with Gasteiger partial charge in [-0.15, -0.1) is 4.99 Å². The summed E-state index contributed by atoms with van der Waals surface area (Å²) < 4.78 is 25.5. The van der Waals surface area contributed by atoms with Crippen LogP contribution in [0.15, 0.2) is 73.3 Å². The van der Waals surface area contributed by atoms with Gasteiger partial charge in [0.15, 0.2) is 5.96 Å². The number of nitrogens with two attached hydrogens (primary N) is 6. The lowest BCUT2D eigenvalue weighted by atomic mass is 10.3. The van der Waals surface area contributed by atoms with Crippen LogP contribution in [0.5, 0.6) is 0 Å². The molecule has 2 aromatic rings. The Kier molecular flexibility index (Phi) is 6.36. The van der Waals surface area contributed by atoms with Gasteiger partial charge in [-0.25, -0.2) is 18.4 Å². The van der Waals surface area contributed by atoms with Gasteiger partial charge in [-0.3, -0.25) is 0 Å². The second-order valence-corrected chi connectivity index (χ2v) is 7.52. The van der Waals surface area contributed by atoms with Gasteiger partial charge in [-0.1, -0.05) is 0 Å². The summed E-state index contributed by atoms with van der Waals surface area (Å²) in [5.74, 6) is -0.532. The quantitative estimate of drug-likeness (QED) is 0.200. The van der Waals surface area contributed by atoms with Gasteiger partial charge >= 0.3 is 5.96 Å². The van der Waals surface area contributed by atoms with Crippen LogP contribution >= 0.6 is 0 Å². The van der Waals surface area contributed by atoms with Gasteiger partial charge in [0, 0.05) is 0 Å². The summed E-state index contributed by atoms with van der Waals surface area (Å²) in [5.41, 5.74) is 32.9. The normalized spacial score (nSPS) is 12.3. The summed E-state index contributed by atoms with van der Waals surface area (Å²) in [5, 5.41) is 0. The molecule has 152 valence electrons. The Hall–Kier alpha value is -4.13. The van der Waals surface area contributed by atoms with Crippen LogP contribution < -0.4 is 39.4 Å². The van der Waals surface area contributed by atoms with E-state index in [2.05, 4.69) is 20.0 Å². The first-order valence-corrected chi connectivity index (χ1v) is 9.44. The van der Waals surface area contributed by atoms with Crippen LogP contribution in [0, 0.1) is 0 Å². The minimum atomic E-state index is -3.75. The largest absolute Gasteiger partial charge is 0.370 e. The van der Waals surface area contributed by atoms with E-state index < -0.39 is 9.84 Å². The van der Waals surface area contributed by atoms with Crippen LogP contribution in [0.3, 0.4) is 0 Å². The van der Waals surface area contributed by atoms with E-state index >= 15 is 0 Å². The molecule has 29 heavy (non-hydrogen) atoms. The number of nitrogens with one attached hydrogen (secondary N) is 1. The maximum atomic E-state index is 12.8. The molecule has 0 saturated heterocycles. The molecule has 13 N–H and O–H groups in total. The van der Waals surface area contributed by atoms with Gasteiger partial charge < -0.3 is 34.4 Å². The molecule has 0 unspecified atom stereocenters. The van der Waals surface area contributed by atoms with E-state index in [1.807, 2.05) is 0 Å². The number of sulfone groups is 1. The van der Waals surface area contributed by atoms with Crippen molar-refractivity contribution in [1.29, 1.82) is 0 Å². The average molecular weight is 417 g/mol. The number of benzene rings is 2. The Balaban J connectivity index is 2.27. The van der Waals surface area contributed by atoms with E-state index in [1.165, 1.54) is 48.5 Å². The molecule has 0 aliphatic rings. The van der Waals surface area contributed by atoms with Crippen molar-refractivity contribution in [3.63, 3.8) is 0 Å². The molecule has 0 radical (unpaired) electrons. The topological polar surface area (TPSA) is 241 Å². The summed E-state index contributed by atoms with van der Waals surface area (Å²) in [7, 11) is -3.75. The molecule has 13 heteroatoms. The first-order chi connectivity index (χ1) is 13.6. The van der Waals surface area contributed by atoms with Crippen molar-refractivity contribution in [3.8, 4) is 0 Å². The van der Waals surface area contributed by atoms with Gasteiger partial charge in [0.05, 0.1) is 15.5 Å². The summed E-state index contributed by atoms with van der Waals surface area (Å²) in [6.07, 6.45) is 0. The lowest BCUT2D eigenvalue weighted by molar-refractivity contribution is -0.320. The minimum Gasteiger partial charge on any atom is -0.370 e. The molecule has 0 aliphatic heterocycles. The zero-order chi connectivity index (χ0) is 21.6. The highest BCUT2D eigenvalue weighted by Crippen LogP contribution is 2.25. The lowest BCUT2D eigenvalue weighted by Gasteiger charge is -2.05. The number of hydrogen-bond acceptors (Lipinski definition) is 4. The second kappa shape index (κ2) is 8.71. The van der Waals surface area contributed by atoms with Gasteiger partial charge in [0.25, 0.3) is 5.96 Å². The lowest BCUT2D eigenvalue weighted by Crippen LogP contribution is -2.84. The minimum absolute atomic E-state index is 0.0308. The van der Waals surface area contributed by atoms with Crippen LogP contribution in [0.2, 0.25) is 0 Å². The number of hydrogen-bond donors (Lipinski definition) is 7. The highest BCUT2D eigenvalue weighted by Gasteiger charge is 2.17. The molecule has 0 saturated carbocycles. The fourth-order valence-corrected chi connectivity index (χ4v) is 3.40. The number of nitrogens with zero attached hydrogens (tertiary/aromatic N) is 3. The van der Waals surface area contributed by atoms with E-state index in [0.717, 1.165) is 0 Å². The maximum Gasteiger partial charge on any atom is 0.316 e. The molecule has 0 fully saturated rings. The van der Waals surface area contributed by atoms with Crippen LogP contribution in [0.1, 0.15) is 0 Å². The van der Waals surface area contributed by atoms with Gasteiger partial charge in [0.1, 0.15) is 5.69 Å². The molecule has 0 heterocycles. The Morgan fingerprint density at radius 2 is 1.17 bits per heavy atom. The Labute approximate surface area is 166 Å². The Morgan fingerprint density at radius 1 is 0.724 bits per heavy atom. The van der Waals surface area contributed by atoms with Crippen molar-refractivity contribution in [3.05, 3.63) is 48.5 Å². The first kappa shape index (κ1) is 21.2. The summed E-state index contributed by atoms with van der Waals surface area (Å²) in [6, 6.07) is 11.5. The third-order valence-electron chi connectivity index (χ3n) is 3.30. The molecule has 0 bridgehead atoms. The third-order valence-corrected chi connectivity index (χ3v) is 5.09. The summed E-state index contributed by atoms with van der Waals surface area (Å²) >= 11 is 0. The van der Waals surface area contributed by atoms with Crippen molar-refractivity contribution in [1.82, 2.24) is 0 Å². The Bertz CT molecular complexity index is 1010. The van der Waals surface area contributed by atoms with Gasteiger partial charge in [0.2, 0.25) is 15.8 Å². The van der Waals surface area contributed by atoms with Gasteiger partial charge in [-0.2, -0.15) is 4.99 Å². The fraction of sp³-hybridized carbons (Fsp3) is 0. The summed E-state index contributed by atoms with van der Waals surface area (Å²) in [6.45, 7) is 0. The van der Waals surface area contributed by atoms with Crippen molar-refractivity contribution in [2.45, 2.75) is 9.79 Å². The summed E-state index contributed by atoms with van der Waals surface area (Å²) in [4.78, 5) is 14.1. The van der Waals surface area contributed by atoms with Crippen molar-refractivity contribution < 1.29 is 13.4 Å². The molecule has 0 amide bonds. The van der Waals surface area contributed by atoms with Crippen molar-refractivity contribution in [2.75, 3.05) is 0 Å². The number of rotatable bonds is 4. The van der Waals surface area contributed by atoms with Crippen molar-refractivity contribution in [2.24, 2.45) is 49.4 Å². The zero-order valence-corrected chi connectivity index (χ0v) is 16.0. The SMILES string of the molecule is NC(N)=NC(N)=Nc1ccc(S(=O)(=O)c2ccc(N=C(N)[NH+]=C(N)N)cc2)cc1. The second-order valence-electron chi connectivity index (χ2n) is 5.58. The predicted molar refractivity (Wildman–Crippen MR) is 111 cm³/mol. The average Bonchev–Trinajstić information content (AvgIpc) is 2.61. The molecule has 0 aliphatic carbocycles. The van der Waals surface area contributed by atoms with E-state index in [1.54, 1.807) is 0 Å². The molecular weight excluding hydrogens is 396 g/mol. The molecule has 2 rings (SSSR count). The van der Waals surface area contributed by atoms with E-state index in [4.69, 9.17) is 34.4 Å². The number of guanidine groups is 4. The first-order valence-electron chi connectivity index (χ1n) is 7.96. The van der Waals surface area contributed by atoms with Crippen LogP contribution in [0.25, 0.3) is 0 Å². The van der Waals surface area contributed by atoms with Crippen LogP contribution in [-0.4, -0.2) is 32.3 Å². The van der Waals surface area contributed by atoms with E-state index in [0.29, 0.717) is 11.4 Å². The maximum absolute atomic E-state index is 12.8. The predicted octanol–water partition coefficient (Wildman–Crippen LogP) is -2.96. The number of aliphatic imine (C=N–C) groups is 3. The highest BCUT2D eigenvalue weighted by molar-refractivity contribution is 7.91.